The molecule has 9 nitrogen and oxygen atoms in total. The van der Waals surface area contributed by atoms with Crippen LogP contribution in [-0.4, -0.2) is 71.7 Å². The van der Waals surface area contributed by atoms with Gasteiger partial charge >= 0.3 is 6.09 Å². The summed E-state index contributed by atoms with van der Waals surface area (Å²) in [5.74, 6) is -3.77. The van der Waals surface area contributed by atoms with E-state index in [1.165, 1.54) is 7.11 Å². The highest BCUT2D eigenvalue weighted by Crippen LogP contribution is 2.46. The van der Waals surface area contributed by atoms with Crippen molar-refractivity contribution in [1.29, 1.82) is 0 Å². The van der Waals surface area contributed by atoms with Gasteiger partial charge in [0.2, 0.25) is 11.8 Å². The van der Waals surface area contributed by atoms with Crippen LogP contribution in [0.3, 0.4) is 0 Å². The van der Waals surface area contributed by atoms with Crippen LogP contribution in [0.2, 0.25) is 0 Å². The Labute approximate surface area is 204 Å². The number of carbonyl (C=O) groups is 3. The number of benzene rings is 1. The van der Waals surface area contributed by atoms with Gasteiger partial charge in [0.15, 0.2) is 0 Å². The number of hydrogen-bond acceptors (Lipinski definition) is 8. The predicted molar refractivity (Wildman–Crippen MR) is 127 cm³/mol. The second-order valence-corrected chi connectivity index (χ2v) is 8.90. The molecule has 3 amide bonds. The highest BCUT2D eigenvalue weighted by atomic mass is 16.5. The number of phenols is 1. The Hall–Kier alpha value is -3.01. The van der Waals surface area contributed by atoms with E-state index in [2.05, 4.69) is 4.74 Å². The SMILES string of the molecule is CC/C(=C\c1ccc(O)cc1)CC[C@@H](O)C1=C(COC)C[C@H]2C(=O)N(C(=O)OC)C(=O)[C@H]2[C@H]1CO. The maximum Gasteiger partial charge on any atom is 0.423 e. The number of aliphatic hydroxyl groups excluding tert-OH is 2. The molecule has 0 bridgehead atoms. The van der Waals surface area contributed by atoms with E-state index in [-0.39, 0.29) is 18.8 Å². The number of allylic oxidation sites excluding steroid dienone is 1. The summed E-state index contributed by atoms with van der Waals surface area (Å²) >= 11 is 0. The molecule has 2 aliphatic rings. The van der Waals surface area contributed by atoms with Gasteiger partial charge in [0.1, 0.15) is 5.75 Å². The molecule has 1 aliphatic carbocycles. The average Bonchev–Trinajstić information content (AvgIpc) is 3.10. The van der Waals surface area contributed by atoms with Gasteiger partial charge in [-0.05, 0) is 54.5 Å². The molecule has 3 N–H and O–H groups in total. The van der Waals surface area contributed by atoms with Gasteiger partial charge in [0.05, 0.1) is 38.3 Å². The van der Waals surface area contributed by atoms with Gasteiger partial charge in [-0.3, -0.25) is 9.59 Å². The van der Waals surface area contributed by atoms with Gasteiger partial charge in [-0.2, -0.15) is 4.90 Å². The number of carbonyl (C=O) groups excluding carboxylic acids is 3. The second kappa shape index (κ2) is 11.6. The van der Waals surface area contributed by atoms with Crippen molar-refractivity contribution in [2.75, 3.05) is 27.4 Å². The number of likely N-dealkylation sites (tertiary alicyclic amines) is 1. The molecule has 0 unspecified atom stereocenters. The first kappa shape index (κ1) is 26.6. The molecule has 0 radical (unpaired) electrons. The molecular formula is C26H33NO8. The van der Waals surface area contributed by atoms with Crippen molar-refractivity contribution in [1.82, 2.24) is 4.90 Å². The molecule has 9 heteroatoms. The zero-order valence-corrected chi connectivity index (χ0v) is 20.3. The Kier molecular flexibility index (Phi) is 8.82. The second-order valence-electron chi connectivity index (χ2n) is 8.90. The van der Waals surface area contributed by atoms with Crippen LogP contribution in [0.5, 0.6) is 5.75 Å². The minimum absolute atomic E-state index is 0.135. The third kappa shape index (κ3) is 5.47. The lowest BCUT2D eigenvalue weighted by Crippen LogP contribution is -2.40. The lowest BCUT2D eigenvalue weighted by atomic mass is 9.68. The summed E-state index contributed by atoms with van der Waals surface area (Å²) in [5, 5.41) is 31.0. The molecule has 1 aromatic rings. The monoisotopic (exact) mass is 487 g/mol. The number of fused-ring (bicyclic) bond motifs is 1. The molecule has 4 atom stereocenters. The average molecular weight is 488 g/mol. The van der Waals surface area contributed by atoms with Crippen molar-refractivity contribution in [3.05, 3.63) is 46.5 Å². The fourth-order valence-electron chi connectivity index (χ4n) is 5.17. The van der Waals surface area contributed by atoms with Crippen molar-refractivity contribution >= 4 is 24.0 Å². The zero-order valence-electron chi connectivity index (χ0n) is 20.3. The number of rotatable bonds is 9. The Morgan fingerprint density at radius 3 is 2.46 bits per heavy atom. The fourth-order valence-corrected chi connectivity index (χ4v) is 5.17. The summed E-state index contributed by atoms with van der Waals surface area (Å²) in [5.41, 5.74) is 3.18. The summed E-state index contributed by atoms with van der Waals surface area (Å²) in [6, 6.07) is 6.83. The number of aromatic hydroxyl groups is 1. The number of phenolic OH excluding ortho intramolecular Hbond substituents is 1. The van der Waals surface area contributed by atoms with Crippen LogP contribution in [0.4, 0.5) is 4.79 Å². The van der Waals surface area contributed by atoms with Gasteiger partial charge in [-0.15, -0.1) is 0 Å². The first-order valence-electron chi connectivity index (χ1n) is 11.7. The van der Waals surface area contributed by atoms with Crippen LogP contribution in [0, 0.1) is 17.8 Å². The van der Waals surface area contributed by atoms with E-state index in [0.29, 0.717) is 28.9 Å². The van der Waals surface area contributed by atoms with Crippen LogP contribution >= 0.6 is 0 Å². The maximum atomic E-state index is 13.0. The standard InChI is InChI=1S/C26H33NO8/c1-4-15(11-16-5-8-18(29)9-6-16)7-10-21(30)22-17(14-34-2)12-19-23(20(22)13-28)25(32)27(24(19)31)26(33)35-3/h5-6,8-9,11,19-21,23,28-30H,4,7,10,12-14H2,1-3H3/b15-11+/t19-,20+,21-,23-/m1/s1. The number of imide groups is 3. The molecule has 1 saturated heterocycles. The summed E-state index contributed by atoms with van der Waals surface area (Å²) < 4.78 is 9.92. The first-order chi connectivity index (χ1) is 16.8. The van der Waals surface area contributed by atoms with Crippen LogP contribution in [-0.2, 0) is 19.1 Å². The fraction of sp³-hybridized carbons (Fsp3) is 0.500. The topological polar surface area (TPSA) is 134 Å². The summed E-state index contributed by atoms with van der Waals surface area (Å²) in [7, 11) is 2.59. The van der Waals surface area contributed by atoms with E-state index in [4.69, 9.17) is 4.74 Å². The molecule has 1 heterocycles. The highest BCUT2D eigenvalue weighted by molar-refractivity contribution is 6.16. The Morgan fingerprint density at radius 2 is 1.89 bits per heavy atom. The van der Waals surface area contributed by atoms with Gasteiger partial charge < -0.3 is 24.8 Å². The third-order valence-corrected chi connectivity index (χ3v) is 6.87. The van der Waals surface area contributed by atoms with Crippen molar-refractivity contribution in [3.8, 4) is 5.75 Å². The molecule has 1 fully saturated rings. The molecule has 0 spiro atoms. The van der Waals surface area contributed by atoms with Gasteiger partial charge in [-0.1, -0.05) is 30.7 Å². The van der Waals surface area contributed by atoms with Crippen molar-refractivity contribution in [3.63, 3.8) is 0 Å². The molecular weight excluding hydrogens is 454 g/mol. The number of methoxy groups -OCH3 is 2. The Bertz CT molecular complexity index is 1010. The number of ether oxygens (including phenoxy) is 2. The van der Waals surface area contributed by atoms with Crippen molar-refractivity contribution < 1.29 is 39.2 Å². The molecule has 3 rings (SSSR count). The molecule has 0 aromatic heterocycles. The van der Waals surface area contributed by atoms with Crippen molar-refractivity contribution in [2.24, 2.45) is 17.8 Å². The van der Waals surface area contributed by atoms with E-state index < -0.39 is 48.4 Å². The normalized spacial score (nSPS) is 23.5. The predicted octanol–water partition coefficient (Wildman–Crippen LogP) is 2.65. The molecule has 1 aliphatic heterocycles. The Morgan fingerprint density at radius 1 is 1.20 bits per heavy atom. The minimum atomic E-state index is -1.05. The largest absolute Gasteiger partial charge is 0.508 e. The van der Waals surface area contributed by atoms with Crippen LogP contribution in [0.1, 0.15) is 38.2 Å². The van der Waals surface area contributed by atoms with Crippen molar-refractivity contribution in [2.45, 2.75) is 38.7 Å². The number of hydrogen-bond donors (Lipinski definition) is 3. The molecule has 0 saturated carbocycles. The van der Waals surface area contributed by atoms with E-state index in [1.54, 1.807) is 24.3 Å². The van der Waals surface area contributed by atoms with E-state index in [9.17, 15) is 29.7 Å². The van der Waals surface area contributed by atoms with E-state index >= 15 is 0 Å². The third-order valence-electron chi connectivity index (χ3n) is 6.87. The number of nitrogens with zero attached hydrogens (tertiary/aromatic N) is 1. The molecule has 1 aromatic carbocycles. The molecule has 35 heavy (non-hydrogen) atoms. The van der Waals surface area contributed by atoms with Crippen LogP contribution < -0.4 is 0 Å². The van der Waals surface area contributed by atoms with Gasteiger partial charge in [0, 0.05) is 13.0 Å². The lowest BCUT2D eigenvalue weighted by molar-refractivity contribution is -0.137. The van der Waals surface area contributed by atoms with Gasteiger partial charge in [-0.25, -0.2) is 4.79 Å². The number of amides is 3. The first-order valence-corrected chi connectivity index (χ1v) is 11.7. The smallest absolute Gasteiger partial charge is 0.423 e. The maximum absolute atomic E-state index is 13.0. The lowest BCUT2D eigenvalue weighted by Gasteiger charge is -2.36. The minimum Gasteiger partial charge on any atom is -0.508 e. The van der Waals surface area contributed by atoms with E-state index in [1.807, 2.05) is 13.0 Å². The zero-order chi connectivity index (χ0) is 25.7. The van der Waals surface area contributed by atoms with Gasteiger partial charge in [0.25, 0.3) is 0 Å². The number of aliphatic hydroxyl groups is 2. The Balaban J connectivity index is 1.86. The van der Waals surface area contributed by atoms with Crippen LogP contribution in [0.15, 0.2) is 41.0 Å². The highest BCUT2D eigenvalue weighted by Gasteiger charge is 2.57. The summed E-state index contributed by atoms with van der Waals surface area (Å²) in [6.07, 6.45) is 1.81. The van der Waals surface area contributed by atoms with Crippen LogP contribution in [0.25, 0.3) is 6.08 Å². The summed E-state index contributed by atoms with van der Waals surface area (Å²) in [4.78, 5) is 38.5. The molecule has 190 valence electrons. The summed E-state index contributed by atoms with van der Waals surface area (Å²) in [6.45, 7) is 1.69. The quantitative estimate of drug-likeness (QED) is 0.358. The van der Waals surface area contributed by atoms with E-state index in [0.717, 1.165) is 24.7 Å².